The molecule has 0 bridgehead atoms. The SMILES string of the molecule is CCc1cc(C)nc(C(N)C(C)C)n1. The zero-order valence-corrected chi connectivity index (χ0v) is 9.41. The molecule has 0 amide bonds. The van der Waals surface area contributed by atoms with E-state index in [1.807, 2.05) is 13.0 Å². The number of nitrogens with zero attached hydrogens (tertiary/aromatic N) is 2. The highest BCUT2D eigenvalue weighted by Crippen LogP contribution is 2.15. The third-order valence-corrected chi connectivity index (χ3v) is 2.30. The van der Waals surface area contributed by atoms with Gasteiger partial charge in [0.15, 0.2) is 0 Å². The van der Waals surface area contributed by atoms with Crippen LogP contribution in [0.15, 0.2) is 6.07 Å². The number of aryl methyl sites for hydroxylation is 2. The zero-order valence-electron chi connectivity index (χ0n) is 9.41. The number of rotatable bonds is 3. The van der Waals surface area contributed by atoms with Gasteiger partial charge in [0.1, 0.15) is 5.82 Å². The molecule has 0 spiro atoms. The summed E-state index contributed by atoms with van der Waals surface area (Å²) in [6, 6.07) is 1.96. The first-order valence-corrected chi connectivity index (χ1v) is 5.14. The predicted molar refractivity (Wildman–Crippen MR) is 57.9 cm³/mol. The number of hydrogen-bond donors (Lipinski definition) is 1. The molecule has 1 rings (SSSR count). The summed E-state index contributed by atoms with van der Waals surface area (Å²) in [7, 11) is 0. The monoisotopic (exact) mass is 193 g/mol. The van der Waals surface area contributed by atoms with E-state index < -0.39 is 0 Å². The molecular weight excluding hydrogens is 174 g/mol. The summed E-state index contributed by atoms with van der Waals surface area (Å²) in [4.78, 5) is 8.80. The lowest BCUT2D eigenvalue weighted by Gasteiger charge is -2.15. The van der Waals surface area contributed by atoms with E-state index in [0.717, 1.165) is 23.6 Å². The van der Waals surface area contributed by atoms with Crippen LogP contribution in [0.1, 0.15) is 44.0 Å². The second-order valence-electron chi connectivity index (χ2n) is 3.98. The molecule has 0 aliphatic carbocycles. The highest BCUT2D eigenvalue weighted by molar-refractivity contribution is 5.11. The standard InChI is InChI=1S/C11H19N3/c1-5-9-6-8(4)13-11(14-9)10(12)7(2)3/h6-7,10H,5,12H2,1-4H3. The van der Waals surface area contributed by atoms with Crippen LogP contribution in [-0.2, 0) is 6.42 Å². The Morgan fingerprint density at radius 3 is 2.50 bits per heavy atom. The van der Waals surface area contributed by atoms with Crippen molar-refractivity contribution in [3.63, 3.8) is 0 Å². The van der Waals surface area contributed by atoms with Crippen LogP contribution in [0.3, 0.4) is 0 Å². The Labute approximate surface area is 85.8 Å². The van der Waals surface area contributed by atoms with Gasteiger partial charge in [-0.2, -0.15) is 0 Å². The molecule has 1 atom stereocenters. The van der Waals surface area contributed by atoms with Crippen molar-refractivity contribution in [2.45, 2.75) is 40.2 Å². The van der Waals surface area contributed by atoms with E-state index in [1.165, 1.54) is 0 Å². The van der Waals surface area contributed by atoms with E-state index >= 15 is 0 Å². The van der Waals surface area contributed by atoms with Gasteiger partial charge in [0.05, 0.1) is 6.04 Å². The van der Waals surface area contributed by atoms with E-state index in [-0.39, 0.29) is 6.04 Å². The molecule has 0 aliphatic rings. The van der Waals surface area contributed by atoms with E-state index in [1.54, 1.807) is 0 Å². The first kappa shape index (κ1) is 11.1. The molecule has 0 saturated carbocycles. The Hall–Kier alpha value is -0.960. The second kappa shape index (κ2) is 4.51. The fraction of sp³-hybridized carbons (Fsp3) is 0.636. The maximum atomic E-state index is 6.01. The molecule has 0 radical (unpaired) electrons. The van der Waals surface area contributed by atoms with Gasteiger partial charge >= 0.3 is 0 Å². The average Bonchev–Trinajstić information content (AvgIpc) is 2.15. The Kier molecular flexibility index (Phi) is 3.58. The van der Waals surface area contributed by atoms with Gasteiger partial charge in [0.25, 0.3) is 0 Å². The van der Waals surface area contributed by atoms with Gasteiger partial charge in [-0.05, 0) is 25.3 Å². The van der Waals surface area contributed by atoms with Crippen molar-refractivity contribution < 1.29 is 0 Å². The van der Waals surface area contributed by atoms with Gasteiger partial charge in [0.2, 0.25) is 0 Å². The van der Waals surface area contributed by atoms with Crippen molar-refractivity contribution in [3.05, 3.63) is 23.3 Å². The quantitative estimate of drug-likeness (QED) is 0.798. The third-order valence-electron chi connectivity index (χ3n) is 2.30. The van der Waals surface area contributed by atoms with Crippen LogP contribution in [0.4, 0.5) is 0 Å². The number of aromatic nitrogens is 2. The van der Waals surface area contributed by atoms with Crippen molar-refractivity contribution in [1.82, 2.24) is 9.97 Å². The zero-order chi connectivity index (χ0) is 10.7. The maximum Gasteiger partial charge on any atom is 0.145 e. The summed E-state index contributed by atoms with van der Waals surface area (Å²) in [6.07, 6.45) is 0.932. The molecule has 1 heterocycles. The van der Waals surface area contributed by atoms with E-state index in [2.05, 4.69) is 30.7 Å². The molecule has 0 saturated heterocycles. The van der Waals surface area contributed by atoms with Gasteiger partial charge in [-0.15, -0.1) is 0 Å². The number of hydrogen-bond acceptors (Lipinski definition) is 3. The van der Waals surface area contributed by atoms with Crippen LogP contribution in [-0.4, -0.2) is 9.97 Å². The molecular formula is C11H19N3. The topological polar surface area (TPSA) is 51.8 Å². The molecule has 14 heavy (non-hydrogen) atoms. The van der Waals surface area contributed by atoms with Gasteiger partial charge in [-0.3, -0.25) is 0 Å². The first-order chi connectivity index (χ1) is 6.54. The maximum absolute atomic E-state index is 6.01. The third kappa shape index (κ3) is 2.51. The van der Waals surface area contributed by atoms with Crippen LogP contribution >= 0.6 is 0 Å². The Morgan fingerprint density at radius 1 is 1.36 bits per heavy atom. The van der Waals surface area contributed by atoms with Gasteiger partial charge in [-0.1, -0.05) is 20.8 Å². The predicted octanol–water partition coefficient (Wildman–Crippen LogP) is 2.00. The summed E-state index contributed by atoms with van der Waals surface area (Å²) in [5, 5.41) is 0. The fourth-order valence-electron chi connectivity index (χ4n) is 1.29. The molecule has 0 fully saturated rings. The van der Waals surface area contributed by atoms with Gasteiger partial charge in [0, 0.05) is 11.4 Å². The molecule has 2 N–H and O–H groups in total. The summed E-state index contributed by atoms with van der Waals surface area (Å²) < 4.78 is 0. The molecule has 0 aliphatic heterocycles. The van der Waals surface area contributed by atoms with Crippen LogP contribution in [0, 0.1) is 12.8 Å². The fourth-order valence-corrected chi connectivity index (χ4v) is 1.29. The van der Waals surface area contributed by atoms with Crippen molar-refractivity contribution in [1.29, 1.82) is 0 Å². The second-order valence-corrected chi connectivity index (χ2v) is 3.98. The summed E-state index contributed by atoms with van der Waals surface area (Å²) in [5.74, 6) is 1.15. The Bertz CT molecular complexity index is 307. The summed E-state index contributed by atoms with van der Waals surface area (Å²) >= 11 is 0. The highest BCUT2D eigenvalue weighted by Gasteiger charge is 2.14. The lowest BCUT2D eigenvalue weighted by atomic mass is 10.0. The average molecular weight is 193 g/mol. The lowest BCUT2D eigenvalue weighted by Crippen LogP contribution is -2.20. The van der Waals surface area contributed by atoms with Crippen molar-refractivity contribution in [2.75, 3.05) is 0 Å². The van der Waals surface area contributed by atoms with Crippen LogP contribution in [0.2, 0.25) is 0 Å². The smallest absolute Gasteiger partial charge is 0.145 e. The number of nitrogens with two attached hydrogens (primary N) is 1. The highest BCUT2D eigenvalue weighted by atomic mass is 14.9. The van der Waals surface area contributed by atoms with Crippen molar-refractivity contribution >= 4 is 0 Å². The molecule has 78 valence electrons. The normalized spacial score (nSPS) is 13.3. The first-order valence-electron chi connectivity index (χ1n) is 5.14. The molecule has 1 aromatic heterocycles. The molecule has 3 nitrogen and oxygen atoms in total. The van der Waals surface area contributed by atoms with Crippen molar-refractivity contribution in [2.24, 2.45) is 11.7 Å². The largest absolute Gasteiger partial charge is 0.321 e. The van der Waals surface area contributed by atoms with Crippen LogP contribution < -0.4 is 5.73 Å². The molecule has 1 unspecified atom stereocenters. The molecule has 3 heteroatoms. The molecule has 0 aromatic carbocycles. The van der Waals surface area contributed by atoms with Crippen LogP contribution in [0.5, 0.6) is 0 Å². The summed E-state index contributed by atoms with van der Waals surface area (Å²) in [6.45, 7) is 8.24. The van der Waals surface area contributed by atoms with E-state index in [9.17, 15) is 0 Å². The van der Waals surface area contributed by atoms with Crippen LogP contribution in [0.25, 0.3) is 0 Å². The van der Waals surface area contributed by atoms with Gasteiger partial charge < -0.3 is 5.73 Å². The van der Waals surface area contributed by atoms with Crippen molar-refractivity contribution in [3.8, 4) is 0 Å². The minimum Gasteiger partial charge on any atom is -0.321 e. The van der Waals surface area contributed by atoms with E-state index in [0.29, 0.717) is 5.92 Å². The Morgan fingerprint density at radius 2 is 2.00 bits per heavy atom. The summed E-state index contributed by atoms with van der Waals surface area (Å²) in [5.41, 5.74) is 8.08. The molecule has 1 aromatic rings. The minimum absolute atomic E-state index is 0.0554. The lowest BCUT2D eigenvalue weighted by molar-refractivity contribution is 0.487. The van der Waals surface area contributed by atoms with Gasteiger partial charge in [-0.25, -0.2) is 9.97 Å². The Balaban J connectivity index is 3.02. The minimum atomic E-state index is -0.0554. The van der Waals surface area contributed by atoms with E-state index in [4.69, 9.17) is 5.73 Å².